The van der Waals surface area contributed by atoms with Crippen LogP contribution in [-0.2, 0) is 27.3 Å². The maximum Gasteiger partial charge on any atom is 0.310 e. The molecule has 1 aliphatic rings. The lowest BCUT2D eigenvalue weighted by molar-refractivity contribution is -0.151. The molecule has 0 aliphatic carbocycles. The number of rotatable bonds is 8. The van der Waals surface area contributed by atoms with E-state index in [1.54, 1.807) is 41.0 Å². The highest BCUT2D eigenvalue weighted by molar-refractivity contribution is 6.06. The van der Waals surface area contributed by atoms with Crippen LogP contribution >= 0.6 is 0 Å². The van der Waals surface area contributed by atoms with Crippen molar-refractivity contribution in [2.75, 3.05) is 24.6 Å². The van der Waals surface area contributed by atoms with E-state index >= 15 is 0 Å². The lowest BCUT2D eigenvalue weighted by Gasteiger charge is -2.31. The summed E-state index contributed by atoms with van der Waals surface area (Å²) in [6, 6.07) is 25.8. The Morgan fingerprint density at radius 3 is 2.45 bits per heavy atom. The molecule has 0 N–H and O–H groups in total. The van der Waals surface area contributed by atoms with Gasteiger partial charge in [-0.2, -0.15) is 5.26 Å². The summed E-state index contributed by atoms with van der Waals surface area (Å²) >= 11 is 0. The molecule has 7 heteroatoms. The van der Waals surface area contributed by atoms with Gasteiger partial charge in [0.15, 0.2) is 0 Å². The molecule has 194 valence electrons. The Balaban J connectivity index is 1.54. The number of amides is 2. The molecule has 4 rings (SSSR count). The fourth-order valence-electron chi connectivity index (χ4n) is 4.67. The summed E-state index contributed by atoms with van der Waals surface area (Å²) in [7, 11) is 0. The van der Waals surface area contributed by atoms with E-state index in [1.807, 2.05) is 54.6 Å². The molecule has 38 heavy (non-hydrogen) atoms. The molecule has 3 aromatic carbocycles. The van der Waals surface area contributed by atoms with Gasteiger partial charge in [0.2, 0.25) is 5.91 Å². The zero-order valence-corrected chi connectivity index (χ0v) is 21.5. The molecule has 2 amide bonds. The highest BCUT2D eigenvalue weighted by Gasteiger charge is 2.29. The first-order valence-corrected chi connectivity index (χ1v) is 12.9. The SMILES string of the molecule is CCOC(=O)[C@@H]1CCCN(C(=O)Cc2cccc(N(Cc3ccccc3)C(=O)c3ccc(C#N)cc3)c2)C1. The standard InChI is InChI=1S/C31H31N3O4/c1-2-38-31(37)27-11-7-17-33(22-27)29(35)19-25-10-6-12-28(18-25)34(21-24-8-4-3-5-9-24)30(36)26-15-13-23(20-32)14-16-26/h3-6,8-10,12-16,18,27H,2,7,11,17,19,21-22H2,1H3/t27-/m1/s1. The quantitative estimate of drug-likeness (QED) is 0.409. The van der Waals surface area contributed by atoms with Crippen LogP contribution < -0.4 is 4.90 Å². The number of nitriles is 1. The largest absolute Gasteiger partial charge is 0.466 e. The molecular formula is C31H31N3O4. The van der Waals surface area contributed by atoms with Crippen LogP contribution in [0.4, 0.5) is 5.69 Å². The van der Waals surface area contributed by atoms with Crippen molar-refractivity contribution < 1.29 is 19.1 Å². The normalized spacial score (nSPS) is 14.8. The number of likely N-dealkylation sites (tertiary alicyclic amines) is 1. The molecule has 0 saturated carbocycles. The fourth-order valence-corrected chi connectivity index (χ4v) is 4.67. The van der Waals surface area contributed by atoms with Gasteiger partial charge in [0.05, 0.1) is 37.1 Å². The molecule has 0 aromatic heterocycles. The molecular weight excluding hydrogens is 478 g/mol. The minimum atomic E-state index is -0.287. The van der Waals surface area contributed by atoms with Gasteiger partial charge in [-0.1, -0.05) is 42.5 Å². The molecule has 0 radical (unpaired) electrons. The van der Waals surface area contributed by atoms with Crippen LogP contribution in [0.5, 0.6) is 0 Å². The minimum Gasteiger partial charge on any atom is -0.466 e. The first kappa shape index (κ1) is 26.6. The average Bonchev–Trinajstić information content (AvgIpc) is 2.96. The fraction of sp³-hybridized carbons (Fsp3) is 0.290. The Labute approximate surface area is 223 Å². The summed E-state index contributed by atoms with van der Waals surface area (Å²) in [6.45, 7) is 3.45. The topological polar surface area (TPSA) is 90.7 Å². The third kappa shape index (κ3) is 6.65. The molecule has 7 nitrogen and oxygen atoms in total. The number of ether oxygens (including phenoxy) is 1. The van der Waals surface area contributed by atoms with E-state index in [0.717, 1.165) is 24.0 Å². The summed E-state index contributed by atoms with van der Waals surface area (Å²) in [5.41, 5.74) is 3.39. The zero-order chi connectivity index (χ0) is 26.9. The third-order valence-corrected chi connectivity index (χ3v) is 6.66. The molecule has 1 fully saturated rings. The lowest BCUT2D eigenvalue weighted by Crippen LogP contribution is -2.43. The molecule has 3 aromatic rings. The Kier molecular flexibility index (Phi) is 8.89. The monoisotopic (exact) mass is 509 g/mol. The van der Waals surface area contributed by atoms with Gasteiger partial charge in [-0.25, -0.2) is 0 Å². The first-order chi connectivity index (χ1) is 18.5. The zero-order valence-electron chi connectivity index (χ0n) is 21.5. The van der Waals surface area contributed by atoms with E-state index in [1.165, 1.54) is 0 Å². The highest BCUT2D eigenvalue weighted by atomic mass is 16.5. The van der Waals surface area contributed by atoms with Crippen molar-refractivity contribution in [3.8, 4) is 6.07 Å². The number of carbonyl (C=O) groups is 3. The van der Waals surface area contributed by atoms with Crippen LogP contribution in [-0.4, -0.2) is 42.4 Å². The second-order valence-electron chi connectivity index (χ2n) is 9.34. The van der Waals surface area contributed by atoms with Gasteiger partial charge in [0.1, 0.15) is 0 Å². The van der Waals surface area contributed by atoms with E-state index in [2.05, 4.69) is 6.07 Å². The molecule has 0 spiro atoms. The van der Waals surface area contributed by atoms with Gasteiger partial charge in [-0.15, -0.1) is 0 Å². The number of hydrogen-bond acceptors (Lipinski definition) is 5. The number of nitrogens with zero attached hydrogens (tertiary/aromatic N) is 3. The number of anilines is 1. The van der Waals surface area contributed by atoms with Crippen LogP contribution in [0, 0.1) is 17.2 Å². The van der Waals surface area contributed by atoms with Crippen molar-refractivity contribution in [1.29, 1.82) is 5.26 Å². The van der Waals surface area contributed by atoms with Crippen molar-refractivity contribution in [2.45, 2.75) is 32.7 Å². The van der Waals surface area contributed by atoms with E-state index in [-0.39, 0.29) is 30.1 Å². The van der Waals surface area contributed by atoms with Crippen molar-refractivity contribution in [3.05, 3.63) is 101 Å². The number of benzene rings is 3. The predicted molar refractivity (Wildman–Crippen MR) is 144 cm³/mol. The van der Waals surface area contributed by atoms with E-state index in [0.29, 0.717) is 43.1 Å². The van der Waals surface area contributed by atoms with Crippen LogP contribution in [0.2, 0.25) is 0 Å². The predicted octanol–water partition coefficient (Wildman–Crippen LogP) is 4.75. The van der Waals surface area contributed by atoms with Crippen LogP contribution in [0.3, 0.4) is 0 Å². The van der Waals surface area contributed by atoms with Crippen LogP contribution in [0.15, 0.2) is 78.9 Å². The van der Waals surface area contributed by atoms with Gasteiger partial charge in [0.25, 0.3) is 5.91 Å². The molecule has 0 bridgehead atoms. The van der Waals surface area contributed by atoms with Crippen LogP contribution in [0.1, 0.15) is 46.8 Å². The Hall–Kier alpha value is -4.44. The minimum absolute atomic E-state index is 0.0517. The highest BCUT2D eigenvalue weighted by Crippen LogP contribution is 2.24. The second kappa shape index (κ2) is 12.7. The van der Waals surface area contributed by atoms with Gasteiger partial charge < -0.3 is 14.5 Å². The number of esters is 1. The smallest absolute Gasteiger partial charge is 0.310 e. The average molecular weight is 510 g/mol. The maximum atomic E-state index is 13.6. The summed E-state index contributed by atoms with van der Waals surface area (Å²) in [5, 5.41) is 9.11. The van der Waals surface area contributed by atoms with Crippen molar-refractivity contribution in [1.82, 2.24) is 4.90 Å². The second-order valence-corrected chi connectivity index (χ2v) is 9.34. The molecule has 1 aliphatic heterocycles. The van der Waals surface area contributed by atoms with Crippen molar-refractivity contribution >= 4 is 23.5 Å². The molecule has 1 atom stereocenters. The van der Waals surface area contributed by atoms with Crippen LogP contribution in [0.25, 0.3) is 0 Å². The third-order valence-electron chi connectivity index (χ3n) is 6.66. The van der Waals surface area contributed by atoms with Crippen molar-refractivity contribution in [3.63, 3.8) is 0 Å². The molecule has 0 unspecified atom stereocenters. The molecule has 1 saturated heterocycles. The van der Waals surface area contributed by atoms with Gasteiger partial charge >= 0.3 is 5.97 Å². The van der Waals surface area contributed by atoms with Gasteiger partial charge in [0, 0.05) is 24.3 Å². The van der Waals surface area contributed by atoms with E-state index in [9.17, 15) is 14.4 Å². The summed E-state index contributed by atoms with van der Waals surface area (Å²) < 4.78 is 5.16. The first-order valence-electron chi connectivity index (χ1n) is 12.9. The molecule has 1 heterocycles. The summed E-state index contributed by atoms with van der Waals surface area (Å²) in [4.78, 5) is 42.4. The maximum absolute atomic E-state index is 13.6. The number of piperidine rings is 1. The van der Waals surface area contributed by atoms with Crippen molar-refractivity contribution in [2.24, 2.45) is 5.92 Å². The summed E-state index contributed by atoms with van der Waals surface area (Å²) in [6.07, 6.45) is 1.66. The van der Waals surface area contributed by atoms with Gasteiger partial charge in [-0.05, 0) is 67.3 Å². The van der Waals surface area contributed by atoms with E-state index < -0.39 is 0 Å². The Morgan fingerprint density at radius 2 is 1.74 bits per heavy atom. The van der Waals surface area contributed by atoms with Gasteiger partial charge in [-0.3, -0.25) is 14.4 Å². The number of carbonyl (C=O) groups excluding carboxylic acids is 3. The lowest BCUT2D eigenvalue weighted by atomic mass is 9.97. The Bertz CT molecular complexity index is 1310. The number of hydrogen-bond donors (Lipinski definition) is 0. The summed E-state index contributed by atoms with van der Waals surface area (Å²) in [5.74, 6) is -0.783. The Morgan fingerprint density at radius 1 is 1.00 bits per heavy atom. The van der Waals surface area contributed by atoms with E-state index in [4.69, 9.17) is 10.00 Å².